The van der Waals surface area contributed by atoms with Crippen LogP contribution in [-0.2, 0) is 6.54 Å². The van der Waals surface area contributed by atoms with Crippen LogP contribution in [-0.4, -0.2) is 15.9 Å². The van der Waals surface area contributed by atoms with Crippen molar-refractivity contribution < 1.29 is 4.79 Å². The molecule has 0 saturated carbocycles. The number of nitrogens with two attached hydrogens (primary N) is 1. The zero-order chi connectivity index (χ0) is 14.8. The minimum absolute atomic E-state index is 0.177. The lowest BCUT2D eigenvalue weighted by Gasteiger charge is -2.08. The molecule has 0 spiro atoms. The number of nitrogen functional groups attached to an aromatic ring is 1. The predicted molar refractivity (Wildman–Crippen MR) is 84.2 cm³/mol. The molecule has 5 nitrogen and oxygen atoms in total. The molecule has 2 aromatic heterocycles. The number of amides is 1. The smallest absolute Gasteiger partial charge is 0.253 e. The Kier molecular flexibility index (Phi) is 3.53. The molecule has 0 aliphatic rings. The van der Waals surface area contributed by atoms with Crippen LogP contribution in [0, 0.1) is 6.92 Å². The molecule has 0 atom stereocenters. The zero-order valence-electron chi connectivity index (χ0n) is 11.5. The first kappa shape index (κ1) is 13.5. The molecular formula is C15H14N4OS. The summed E-state index contributed by atoms with van der Waals surface area (Å²) < 4.78 is 0. The highest BCUT2D eigenvalue weighted by Gasteiger charge is 2.12. The number of carbonyl (C=O) groups is 1. The molecule has 0 saturated heterocycles. The number of hydrogen-bond donors (Lipinski definition) is 2. The molecule has 0 radical (unpaired) electrons. The normalized spacial score (nSPS) is 10.7. The molecule has 0 aliphatic carbocycles. The third-order valence-electron chi connectivity index (χ3n) is 3.17. The summed E-state index contributed by atoms with van der Waals surface area (Å²) in [6.07, 6.45) is 1.51. The fourth-order valence-electron chi connectivity index (χ4n) is 2.15. The predicted octanol–water partition coefficient (Wildman–Crippen LogP) is 2.51. The van der Waals surface area contributed by atoms with Crippen molar-refractivity contribution >= 4 is 33.8 Å². The summed E-state index contributed by atoms with van der Waals surface area (Å²) in [6.45, 7) is 2.34. The SMILES string of the molecule is Cc1nc(CNC(=O)c2cnc(N)c3ccccc23)cs1. The van der Waals surface area contributed by atoms with Gasteiger partial charge in [0.1, 0.15) is 5.82 Å². The number of benzene rings is 1. The van der Waals surface area contributed by atoms with Crippen LogP contribution in [0.1, 0.15) is 21.1 Å². The minimum atomic E-state index is -0.177. The molecule has 106 valence electrons. The van der Waals surface area contributed by atoms with Gasteiger partial charge in [-0.05, 0) is 12.3 Å². The van der Waals surface area contributed by atoms with Gasteiger partial charge in [-0.1, -0.05) is 24.3 Å². The fourth-order valence-corrected chi connectivity index (χ4v) is 2.76. The van der Waals surface area contributed by atoms with Crippen LogP contribution in [0.25, 0.3) is 10.8 Å². The van der Waals surface area contributed by atoms with E-state index in [1.54, 1.807) is 11.3 Å². The maximum absolute atomic E-state index is 12.3. The van der Waals surface area contributed by atoms with E-state index in [1.807, 2.05) is 36.6 Å². The number of rotatable bonds is 3. The lowest BCUT2D eigenvalue weighted by atomic mass is 10.1. The maximum atomic E-state index is 12.3. The number of aryl methyl sites for hydroxylation is 1. The monoisotopic (exact) mass is 298 g/mol. The minimum Gasteiger partial charge on any atom is -0.383 e. The van der Waals surface area contributed by atoms with Gasteiger partial charge >= 0.3 is 0 Å². The Morgan fingerprint density at radius 3 is 2.81 bits per heavy atom. The van der Waals surface area contributed by atoms with Crippen molar-refractivity contribution in [2.24, 2.45) is 0 Å². The van der Waals surface area contributed by atoms with E-state index in [2.05, 4.69) is 15.3 Å². The van der Waals surface area contributed by atoms with Gasteiger partial charge in [-0.2, -0.15) is 0 Å². The van der Waals surface area contributed by atoms with Crippen LogP contribution in [0.5, 0.6) is 0 Å². The van der Waals surface area contributed by atoms with Gasteiger partial charge in [0.15, 0.2) is 0 Å². The van der Waals surface area contributed by atoms with Gasteiger partial charge in [-0.25, -0.2) is 9.97 Å². The summed E-state index contributed by atoms with van der Waals surface area (Å²) in [5, 5.41) is 7.38. The molecule has 21 heavy (non-hydrogen) atoms. The third kappa shape index (κ3) is 2.71. The Morgan fingerprint density at radius 2 is 2.10 bits per heavy atom. The molecule has 0 fully saturated rings. The molecule has 6 heteroatoms. The Morgan fingerprint density at radius 1 is 1.33 bits per heavy atom. The van der Waals surface area contributed by atoms with Crippen LogP contribution in [0.3, 0.4) is 0 Å². The number of nitrogens with one attached hydrogen (secondary N) is 1. The van der Waals surface area contributed by atoms with Crippen LogP contribution in [0.2, 0.25) is 0 Å². The van der Waals surface area contributed by atoms with Gasteiger partial charge in [-0.15, -0.1) is 11.3 Å². The van der Waals surface area contributed by atoms with Crippen molar-refractivity contribution in [3.63, 3.8) is 0 Å². The standard InChI is InChI=1S/C15H14N4OS/c1-9-19-10(8-21-9)6-18-15(20)13-7-17-14(16)12-5-3-2-4-11(12)13/h2-5,7-8H,6H2,1H3,(H2,16,17)(H,18,20). The van der Waals surface area contributed by atoms with Crippen LogP contribution < -0.4 is 11.1 Å². The molecule has 1 aromatic carbocycles. The second kappa shape index (κ2) is 5.49. The highest BCUT2D eigenvalue weighted by atomic mass is 32.1. The van der Waals surface area contributed by atoms with E-state index in [0.717, 1.165) is 21.5 Å². The number of anilines is 1. The number of pyridine rings is 1. The Bertz CT molecular complexity index is 812. The number of carbonyl (C=O) groups excluding carboxylic acids is 1. The molecule has 2 heterocycles. The van der Waals surface area contributed by atoms with E-state index in [4.69, 9.17) is 5.73 Å². The average molecular weight is 298 g/mol. The fraction of sp³-hybridized carbons (Fsp3) is 0.133. The number of nitrogens with zero attached hydrogens (tertiary/aromatic N) is 2. The van der Waals surface area contributed by atoms with Crippen LogP contribution in [0.4, 0.5) is 5.82 Å². The molecule has 3 aromatic rings. The van der Waals surface area contributed by atoms with Crippen LogP contribution in [0.15, 0.2) is 35.8 Å². The molecule has 0 unspecified atom stereocenters. The van der Waals surface area contributed by atoms with Crippen molar-refractivity contribution in [3.05, 3.63) is 52.1 Å². The van der Waals surface area contributed by atoms with Crippen molar-refractivity contribution in [2.45, 2.75) is 13.5 Å². The van der Waals surface area contributed by atoms with E-state index < -0.39 is 0 Å². The Hall–Kier alpha value is -2.47. The zero-order valence-corrected chi connectivity index (χ0v) is 12.3. The highest BCUT2D eigenvalue weighted by Crippen LogP contribution is 2.22. The van der Waals surface area contributed by atoms with E-state index >= 15 is 0 Å². The topological polar surface area (TPSA) is 80.9 Å². The van der Waals surface area contributed by atoms with Gasteiger partial charge in [0.05, 0.1) is 22.8 Å². The third-order valence-corrected chi connectivity index (χ3v) is 3.99. The quantitative estimate of drug-likeness (QED) is 0.778. The van der Waals surface area contributed by atoms with Crippen molar-refractivity contribution in [1.29, 1.82) is 0 Å². The van der Waals surface area contributed by atoms with E-state index in [1.165, 1.54) is 6.20 Å². The second-order valence-corrected chi connectivity index (χ2v) is 5.71. The highest BCUT2D eigenvalue weighted by molar-refractivity contribution is 7.09. The first-order valence-corrected chi connectivity index (χ1v) is 7.35. The van der Waals surface area contributed by atoms with Gasteiger partial charge < -0.3 is 11.1 Å². The van der Waals surface area contributed by atoms with E-state index in [9.17, 15) is 4.79 Å². The maximum Gasteiger partial charge on any atom is 0.253 e. The van der Waals surface area contributed by atoms with Gasteiger partial charge in [0, 0.05) is 17.0 Å². The number of fused-ring (bicyclic) bond motifs is 1. The molecule has 0 aliphatic heterocycles. The van der Waals surface area contributed by atoms with Gasteiger partial charge in [0.2, 0.25) is 0 Å². The largest absolute Gasteiger partial charge is 0.383 e. The first-order valence-electron chi connectivity index (χ1n) is 6.47. The average Bonchev–Trinajstić information content (AvgIpc) is 2.91. The molecular weight excluding hydrogens is 284 g/mol. The summed E-state index contributed by atoms with van der Waals surface area (Å²) in [4.78, 5) is 20.7. The summed E-state index contributed by atoms with van der Waals surface area (Å²) in [5.41, 5.74) is 7.22. The van der Waals surface area contributed by atoms with Crippen LogP contribution >= 0.6 is 11.3 Å². The van der Waals surface area contributed by atoms with E-state index in [0.29, 0.717) is 17.9 Å². The Balaban J connectivity index is 1.86. The number of hydrogen-bond acceptors (Lipinski definition) is 5. The Labute approximate surface area is 125 Å². The first-order chi connectivity index (χ1) is 10.1. The van der Waals surface area contributed by atoms with Crippen molar-refractivity contribution in [1.82, 2.24) is 15.3 Å². The van der Waals surface area contributed by atoms with Gasteiger partial charge in [-0.3, -0.25) is 4.79 Å². The molecule has 1 amide bonds. The second-order valence-electron chi connectivity index (χ2n) is 4.64. The molecule has 3 N–H and O–H groups in total. The van der Waals surface area contributed by atoms with E-state index in [-0.39, 0.29) is 5.91 Å². The summed E-state index contributed by atoms with van der Waals surface area (Å²) in [6, 6.07) is 7.48. The number of thiazole rings is 1. The summed E-state index contributed by atoms with van der Waals surface area (Å²) >= 11 is 1.57. The van der Waals surface area contributed by atoms with Gasteiger partial charge in [0.25, 0.3) is 5.91 Å². The van der Waals surface area contributed by atoms with Crippen molar-refractivity contribution in [3.8, 4) is 0 Å². The van der Waals surface area contributed by atoms with Crippen molar-refractivity contribution in [2.75, 3.05) is 5.73 Å². The summed E-state index contributed by atoms with van der Waals surface area (Å²) in [5.74, 6) is 0.252. The lowest BCUT2D eigenvalue weighted by Crippen LogP contribution is -2.23. The lowest BCUT2D eigenvalue weighted by molar-refractivity contribution is 0.0952. The molecule has 0 bridgehead atoms. The summed E-state index contributed by atoms with van der Waals surface area (Å²) in [7, 11) is 0. The molecule has 3 rings (SSSR count). The number of aromatic nitrogens is 2.